The van der Waals surface area contributed by atoms with E-state index in [1.54, 1.807) is 0 Å². The fraction of sp³-hybridized carbons (Fsp3) is 0.296. The van der Waals surface area contributed by atoms with Crippen LogP contribution in [0.1, 0.15) is 64.9 Å². The van der Waals surface area contributed by atoms with Crippen LogP contribution in [-0.2, 0) is 0 Å². The van der Waals surface area contributed by atoms with E-state index < -0.39 is 0 Å². The molecule has 1 aromatic heterocycles. The van der Waals surface area contributed by atoms with Crippen molar-refractivity contribution >= 4 is 11.3 Å². The molecule has 0 fully saturated rings. The molecule has 0 unspecified atom stereocenters. The van der Waals surface area contributed by atoms with Crippen LogP contribution >= 0.6 is 0 Å². The first-order valence-corrected chi connectivity index (χ1v) is 10.3. The van der Waals surface area contributed by atoms with Crippen molar-refractivity contribution in [2.45, 2.75) is 54.9 Å². The minimum absolute atomic E-state index is 0.739. The number of hydrogen-bond donors (Lipinski definition) is 1. The Bertz CT molecular complexity index is 913. The number of nitrogens with zero attached hydrogens (tertiary/aromatic N) is 1. The van der Waals surface area contributed by atoms with Crippen LogP contribution in [0.5, 0.6) is 0 Å². The second kappa shape index (κ2) is 11.9. The van der Waals surface area contributed by atoms with Gasteiger partial charge in [0.2, 0.25) is 0 Å². The summed E-state index contributed by atoms with van der Waals surface area (Å²) in [6.07, 6.45) is 7.37. The number of nitrogens with two attached hydrogens (primary N) is 1. The molecule has 0 saturated carbocycles. The zero-order valence-electron chi connectivity index (χ0n) is 19.1. The summed E-state index contributed by atoms with van der Waals surface area (Å²) in [6.45, 7) is 18.4. The molecule has 0 aliphatic carbocycles. The minimum atomic E-state index is 0.739. The molecule has 0 radical (unpaired) electrons. The molecular formula is C27H36N2. The first-order chi connectivity index (χ1) is 13.8. The first kappa shape index (κ1) is 24.2. The summed E-state index contributed by atoms with van der Waals surface area (Å²) in [5.41, 5.74) is 15.5. The molecule has 154 valence electrons. The fourth-order valence-corrected chi connectivity index (χ4v) is 2.80. The summed E-state index contributed by atoms with van der Waals surface area (Å²) >= 11 is 0. The number of allylic oxidation sites excluding steroid dienone is 6. The normalized spacial score (nSPS) is 12.3. The van der Waals surface area contributed by atoms with Crippen molar-refractivity contribution in [3.63, 3.8) is 0 Å². The highest BCUT2D eigenvalue weighted by atomic mass is 14.7. The standard InChI is InChI=1S/C24H28N2.C3H8/c1-7-8-12-17(4)22-15-21(20-13-10-9-11-14-20)23(19(6)26-22)24(25)18(5)16(2)3;1-3-2/h7-15H,2,25H2,1,3-6H3;3H2,1-2H3/b8-7-,17-12+,24-18-;. The summed E-state index contributed by atoms with van der Waals surface area (Å²) in [6, 6.07) is 12.5. The number of rotatable bonds is 5. The number of aryl methyl sites for hydroxylation is 1. The molecule has 0 amide bonds. The topological polar surface area (TPSA) is 38.9 Å². The van der Waals surface area contributed by atoms with Gasteiger partial charge in [0.05, 0.1) is 5.69 Å². The average Bonchev–Trinajstić information content (AvgIpc) is 2.71. The molecule has 2 rings (SSSR count). The molecule has 2 nitrogen and oxygen atoms in total. The largest absolute Gasteiger partial charge is 0.398 e. The van der Waals surface area contributed by atoms with E-state index in [1.807, 2.05) is 58.0 Å². The highest BCUT2D eigenvalue weighted by Crippen LogP contribution is 2.33. The molecule has 0 saturated heterocycles. The van der Waals surface area contributed by atoms with E-state index in [2.05, 4.69) is 51.6 Å². The van der Waals surface area contributed by atoms with Crippen molar-refractivity contribution in [2.75, 3.05) is 0 Å². The molecule has 0 aliphatic rings. The van der Waals surface area contributed by atoms with Crippen LogP contribution in [0.2, 0.25) is 0 Å². The van der Waals surface area contributed by atoms with Gasteiger partial charge in [-0.25, -0.2) is 0 Å². The summed E-state index contributed by atoms with van der Waals surface area (Å²) in [4.78, 5) is 4.83. The first-order valence-electron chi connectivity index (χ1n) is 10.3. The third kappa shape index (κ3) is 6.60. The lowest BCUT2D eigenvalue weighted by molar-refractivity contribution is 1.09. The summed E-state index contributed by atoms with van der Waals surface area (Å²) in [5, 5.41) is 0. The van der Waals surface area contributed by atoms with Crippen LogP contribution in [0.4, 0.5) is 0 Å². The highest BCUT2D eigenvalue weighted by molar-refractivity contribution is 5.85. The highest BCUT2D eigenvalue weighted by Gasteiger charge is 2.16. The van der Waals surface area contributed by atoms with Gasteiger partial charge in [0, 0.05) is 17.0 Å². The van der Waals surface area contributed by atoms with Gasteiger partial charge in [-0.1, -0.05) is 81.0 Å². The van der Waals surface area contributed by atoms with Crippen molar-refractivity contribution in [1.82, 2.24) is 4.98 Å². The predicted molar refractivity (Wildman–Crippen MR) is 130 cm³/mol. The zero-order valence-corrected chi connectivity index (χ0v) is 19.1. The van der Waals surface area contributed by atoms with Crippen molar-refractivity contribution < 1.29 is 0 Å². The number of pyridine rings is 1. The molecular weight excluding hydrogens is 352 g/mol. The van der Waals surface area contributed by atoms with Crippen molar-refractivity contribution in [1.29, 1.82) is 0 Å². The predicted octanol–water partition coefficient (Wildman–Crippen LogP) is 7.72. The Morgan fingerprint density at radius 2 is 1.69 bits per heavy atom. The summed E-state index contributed by atoms with van der Waals surface area (Å²) in [7, 11) is 0. The third-order valence-electron chi connectivity index (χ3n) is 4.54. The van der Waals surface area contributed by atoms with Crippen LogP contribution < -0.4 is 5.73 Å². The zero-order chi connectivity index (χ0) is 22.0. The molecule has 2 heteroatoms. The Hall–Kier alpha value is -2.87. The maximum absolute atomic E-state index is 6.54. The van der Waals surface area contributed by atoms with Crippen molar-refractivity contribution in [3.05, 3.63) is 89.3 Å². The molecule has 0 spiro atoms. The average molecular weight is 389 g/mol. The number of hydrogen-bond acceptors (Lipinski definition) is 2. The van der Waals surface area contributed by atoms with Gasteiger partial charge >= 0.3 is 0 Å². The number of aromatic nitrogens is 1. The fourth-order valence-electron chi connectivity index (χ4n) is 2.80. The molecule has 0 aliphatic heterocycles. The van der Waals surface area contributed by atoms with Gasteiger partial charge in [-0.05, 0) is 63.0 Å². The van der Waals surface area contributed by atoms with E-state index in [0.29, 0.717) is 0 Å². The summed E-state index contributed by atoms with van der Waals surface area (Å²) < 4.78 is 0. The Morgan fingerprint density at radius 3 is 2.21 bits per heavy atom. The van der Waals surface area contributed by atoms with E-state index in [1.165, 1.54) is 6.42 Å². The van der Waals surface area contributed by atoms with Crippen LogP contribution in [0, 0.1) is 6.92 Å². The smallest absolute Gasteiger partial charge is 0.0668 e. The van der Waals surface area contributed by atoms with Crippen LogP contribution in [0.3, 0.4) is 0 Å². The number of benzene rings is 1. The van der Waals surface area contributed by atoms with Gasteiger partial charge < -0.3 is 5.73 Å². The van der Waals surface area contributed by atoms with Gasteiger partial charge in [-0.2, -0.15) is 0 Å². The molecule has 2 N–H and O–H groups in total. The molecule has 0 bridgehead atoms. The van der Waals surface area contributed by atoms with Gasteiger partial charge in [-0.15, -0.1) is 0 Å². The molecule has 1 heterocycles. The quantitative estimate of drug-likeness (QED) is 0.532. The van der Waals surface area contributed by atoms with Gasteiger partial charge in [-0.3, -0.25) is 4.98 Å². The van der Waals surface area contributed by atoms with Crippen LogP contribution in [0.25, 0.3) is 22.4 Å². The second-order valence-corrected chi connectivity index (χ2v) is 7.28. The maximum atomic E-state index is 6.54. The Labute approximate surface area is 177 Å². The second-order valence-electron chi connectivity index (χ2n) is 7.28. The minimum Gasteiger partial charge on any atom is -0.398 e. The third-order valence-corrected chi connectivity index (χ3v) is 4.54. The summed E-state index contributed by atoms with van der Waals surface area (Å²) in [5.74, 6) is 0. The lowest BCUT2D eigenvalue weighted by atomic mass is 9.92. The van der Waals surface area contributed by atoms with Crippen molar-refractivity contribution in [2.24, 2.45) is 5.73 Å². The van der Waals surface area contributed by atoms with Crippen molar-refractivity contribution in [3.8, 4) is 11.1 Å². The van der Waals surface area contributed by atoms with E-state index in [4.69, 9.17) is 10.7 Å². The Kier molecular flexibility index (Phi) is 9.88. The lowest BCUT2D eigenvalue weighted by Gasteiger charge is -2.17. The Balaban J connectivity index is 0.00000132. The van der Waals surface area contributed by atoms with E-state index in [9.17, 15) is 0 Å². The van der Waals surface area contributed by atoms with Gasteiger partial charge in [0.25, 0.3) is 0 Å². The van der Waals surface area contributed by atoms with Gasteiger partial charge in [0.15, 0.2) is 0 Å². The lowest BCUT2D eigenvalue weighted by Crippen LogP contribution is -2.07. The van der Waals surface area contributed by atoms with E-state index in [0.717, 1.165) is 50.5 Å². The van der Waals surface area contributed by atoms with Crippen LogP contribution in [-0.4, -0.2) is 4.98 Å². The van der Waals surface area contributed by atoms with Crippen LogP contribution in [0.15, 0.2) is 72.4 Å². The molecule has 0 atom stereocenters. The molecule has 2 aromatic rings. The Morgan fingerprint density at radius 1 is 1.10 bits per heavy atom. The molecule has 29 heavy (non-hydrogen) atoms. The SMILES string of the molecule is C=C(C)/C(C)=C(\N)c1c(-c2ccccc2)cc(/C(C)=C/C=C\C)nc1C.CCC. The van der Waals surface area contributed by atoms with E-state index in [-0.39, 0.29) is 0 Å². The molecule has 1 aromatic carbocycles. The monoisotopic (exact) mass is 388 g/mol. The maximum Gasteiger partial charge on any atom is 0.0668 e. The van der Waals surface area contributed by atoms with Gasteiger partial charge in [0.1, 0.15) is 0 Å². The van der Waals surface area contributed by atoms with E-state index >= 15 is 0 Å².